The molecule has 0 aromatic heterocycles. The molecule has 1 aliphatic heterocycles. The lowest BCUT2D eigenvalue weighted by Crippen LogP contribution is -2.53. The Morgan fingerprint density at radius 2 is 2.10 bits per heavy atom. The maximum Gasteiger partial charge on any atom is 0.408 e. The molecule has 1 atom stereocenters. The number of ether oxygens (including phenoxy) is 1. The molecule has 0 bridgehead atoms. The number of amides is 2. The van der Waals surface area contributed by atoms with E-state index < -0.39 is 17.8 Å². The minimum atomic E-state index is -1.02. The molecule has 0 saturated carbocycles. The van der Waals surface area contributed by atoms with Crippen molar-refractivity contribution in [2.45, 2.75) is 38.8 Å². The lowest BCUT2D eigenvalue weighted by atomic mass is 10.0. The fraction of sp³-hybridized carbons (Fsp3) is 0.750. The van der Waals surface area contributed by atoms with E-state index in [1.54, 1.807) is 20.8 Å². The van der Waals surface area contributed by atoms with E-state index in [0.717, 1.165) is 0 Å². The highest BCUT2D eigenvalue weighted by Crippen LogP contribution is 2.12. The van der Waals surface area contributed by atoms with Crippen molar-refractivity contribution >= 4 is 17.9 Å². The van der Waals surface area contributed by atoms with Gasteiger partial charge in [0.1, 0.15) is 12.7 Å². The van der Waals surface area contributed by atoms with Crippen molar-refractivity contribution < 1.29 is 24.3 Å². The van der Waals surface area contributed by atoms with Gasteiger partial charge in [0.2, 0.25) is 0 Å². The second kappa shape index (κ2) is 6.44. The van der Waals surface area contributed by atoms with Crippen LogP contribution in [-0.2, 0) is 9.57 Å². The van der Waals surface area contributed by atoms with Crippen LogP contribution in [0.4, 0.5) is 9.59 Å². The summed E-state index contributed by atoms with van der Waals surface area (Å²) in [5.74, 6) is 0. The summed E-state index contributed by atoms with van der Waals surface area (Å²) in [6, 6.07) is -0.389. The Labute approximate surface area is 117 Å². The van der Waals surface area contributed by atoms with Crippen LogP contribution < -0.4 is 5.32 Å². The first kappa shape index (κ1) is 16.1. The summed E-state index contributed by atoms with van der Waals surface area (Å²) >= 11 is 0. The summed E-state index contributed by atoms with van der Waals surface area (Å²) < 4.78 is 5.17. The first-order valence-electron chi connectivity index (χ1n) is 6.30. The molecule has 0 radical (unpaired) electrons. The van der Waals surface area contributed by atoms with Crippen LogP contribution in [0.2, 0.25) is 0 Å². The standard InChI is InChI=1S/C12H21N3O5/c1-12(2,3)20-10(16)13-8-5-6-15(11(17)18)7-9(8)14-19-4/h8H,5-7H2,1-4H3,(H,13,16)(H,17,18). The quantitative estimate of drug-likeness (QED) is 0.745. The highest BCUT2D eigenvalue weighted by Gasteiger charge is 2.30. The molecule has 114 valence electrons. The van der Waals surface area contributed by atoms with Crippen molar-refractivity contribution in [1.29, 1.82) is 0 Å². The Bertz CT molecular complexity index is 402. The Morgan fingerprint density at radius 3 is 2.60 bits per heavy atom. The van der Waals surface area contributed by atoms with E-state index in [1.165, 1.54) is 12.0 Å². The number of likely N-dealkylation sites (tertiary alicyclic amines) is 1. The van der Waals surface area contributed by atoms with Gasteiger partial charge in [0, 0.05) is 6.54 Å². The number of rotatable bonds is 2. The van der Waals surface area contributed by atoms with Gasteiger partial charge in [0.15, 0.2) is 0 Å². The highest BCUT2D eigenvalue weighted by molar-refractivity contribution is 5.95. The Morgan fingerprint density at radius 1 is 1.45 bits per heavy atom. The van der Waals surface area contributed by atoms with Gasteiger partial charge >= 0.3 is 12.2 Å². The van der Waals surface area contributed by atoms with Crippen LogP contribution in [-0.4, -0.2) is 59.7 Å². The monoisotopic (exact) mass is 287 g/mol. The van der Waals surface area contributed by atoms with E-state index >= 15 is 0 Å². The molecular weight excluding hydrogens is 266 g/mol. The molecule has 1 saturated heterocycles. The lowest BCUT2D eigenvalue weighted by Gasteiger charge is -2.31. The van der Waals surface area contributed by atoms with E-state index in [0.29, 0.717) is 18.7 Å². The van der Waals surface area contributed by atoms with Crippen LogP contribution in [0.5, 0.6) is 0 Å². The van der Waals surface area contributed by atoms with Gasteiger partial charge in [-0.25, -0.2) is 9.59 Å². The maximum atomic E-state index is 11.7. The number of alkyl carbamates (subject to hydrolysis) is 1. The number of piperidine rings is 1. The normalized spacial score (nSPS) is 21.5. The molecule has 0 aliphatic carbocycles. The minimum Gasteiger partial charge on any atom is -0.465 e. The van der Waals surface area contributed by atoms with E-state index in [1.807, 2.05) is 0 Å². The van der Waals surface area contributed by atoms with Gasteiger partial charge in [-0.3, -0.25) is 0 Å². The number of hydrogen-bond acceptors (Lipinski definition) is 5. The van der Waals surface area contributed by atoms with Gasteiger partial charge in [-0.05, 0) is 27.2 Å². The van der Waals surface area contributed by atoms with E-state index in [-0.39, 0.29) is 12.6 Å². The van der Waals surface area contributed by atoms with Crippen LogP contribution in [0.25, 0.3) is 0 Å². The molecule has 1 aliphatic rings. The summed E-state index contributed by atoms with van der Waals surface area (Å²) in [6.07, 6.45) is -1.16. The zero-order valence-corrected chi connectivity index (χ0v) is 12.2. The highest BCUT2D eigenvalue weighted by atomic mass is 16.6. The summed E-state index contributed by atoms with van der Waals surface area (Å²) in [5.41, 5.74) is -0.142. The molecule has 2 N–H and O–H groups in total. The number of hydrogen-bond donors (Lipinski definition) is 2. The number of oxime groups is 1. The van der Waals surface area contributed by atoms with Gasteiger partial charge in [-0.1, -0.05) is 5.16 Å². The molecular formula is C12H21N3O5. The third-order valence-electron chi connectivity index (χ3n) is 2.61. The second-order valence-electron chi connectivity index (χ2n) is 5.46. The van der Waals surface area contributed by atoms with Crippen LogP contribution in [0, 0.1) is 0 Å². The average Bonchev–Trinajstić information content (AvgIpc) is 2.28. The molecule has 0 spiro atoms. The van der Waals surface area contributed by atoms with Crippen molar-refractivity contribution in [3.63, 3.8) is 0 Å². The fourth-order valence-electron chi connectivity index (χ4n) is 1.81. The summed E-state index contributed by atoms with van der Waals surface area (Å²) in [7, 11) is 1.37. The first-order chi connectivity index (χ1) is 9.23. The van der Waals surface area contributed by atoms with E-state index in [2.05, 4.69) is 10.5 Å². The Balaban J connectivity index is 2.67. The van der Waals surface area contributed by atoms with Gasteiger partial charge < -0.3 is 24.9 Å². The Kier molecular flexibility index (Phi) is 5.18. The molecule has 20 heavy (non-hydrogen) atoms. The molecule has 1 rings (SSSR count). The van der Waals surface area contributed by atoms with Crippen molar-refractivity contribution in [1.82, 2.24) is 10.2 Å². The predicted octanol–water partition coefficient (Wildman–Crippen LogP) is 1.27. The topological polar surface area (TPSA) is 100 Å². The molecule has 1 unspecified atom stereocenters. The van der Waals surface area contributed by atoms with Crippen LogP contribution in [0.3, 0.4) is 0 Å². The lowest BCUT2D eigenvalue weighted by molar-refractivity contribution is 0.0509. The second-order valence-corrected chi connectivity index (χ2v) is 5.46. The fourth-order valence-corrected chi connectivity index (χ4v) is 1.81. The van der Waals surface area contributed by atoms with E-state index in [4.69, 9.17) is 14.7 Å². The van der Waals surface area contributed by atoms with Crippen molar-refractivity contribution in [3.05, 3.63) is 0 Å². The third-order valence-corrected chi connectivity index (χ3v) is 2.61. The molecule has 1 heterocycles. The number of nitrogens with zero attached hydrogens (tertiary/aromatic N) is 2. The maximum absolute atomic E-state index is 11.7. The zero-order chi connectivity index (χ0) is 15.3. The average molecular weight is 287 g/mol. The zero-order valence-electron chi connectivity index (χ0n) is 12.2. The largest absolute Gasteiger partial charge is 0.465 e. The molecule has 8 heteroatoms. The summed E-state index contributed by atoms with van der Waals surface area (Å²) in [6.45, 7) is 5.72. The molecule has 8 nitrogen and oxygen atoms in total. The van der Waals surface area contributed by atoms with Gasteiger partial charge in [0.05, 0.1) is 18.3 Å². The first-order valence-corrected chi connectivity index (χ1v) is 6.30. The molecule has 2 amide bonds. The van der Waals surface area contributed by atoms with Crippen LogP contribution >= 0.6 is 0 Å². The van der Waals surface area contributed by atoms with Gasteiger partial charge in [-0.2, -0.15) is 0 Å². The minimum absolute atomic E-state index is 0.101. The molecule has 1 fully saturated rings. The SMILES string of the molecule is CON=C1CN(C(=O)O)CCC1NC(=O)OC(C)(C)C. The van der Waals surface area contributed by atoms with E-state index in [9.17, 15) is 9.59 Å². The van der Waals surface area contributed by atoms with Crippen molar-refractivity contribution in [2.75, 3.05) is 20.2 Å². The van der Waals surface area contributed by atoms with Gasteiger partial charge in [-0.15, -0.1) is 0 Å². The third kappa shape index (κ3) is 4.94. The van der Waals surface area contributed by atoms with Crippen LogP contribution in [0.15, 0.2) is 5.16 Å². The molecule has 0 aromatic carbocycles. The van der Waals surface area contributed by atoms with Crippen molar-refractivity contribution in [2.24, 2.45) is 5.16 Å². The number of nitrogens with one attached hydrogen (secondary N) is 1. The summed E-state index contributed by atoms with van der Waals surface area (Å²) in [5, 5.41) is 15.4. The van der Waals surface area contributed by atoms with Crippen molar-refractivity contribution in [3.8, 4) is 0 Å². The number of carbonyl (C=O) groups excluding carboxylic acids is 1. The Hall–Kier alpha value is -1.99. The molecule has 0 aromatic rings. The number of carbonyl (C=O) groups is 2. The van der Waals surface area contributed by atoms with Crippen LogP contribution in [0.1, 0.15) is 27.2 Å². The predicted molar refractivity (Wildman–Crippen MR) is 71.8 cm³/mol. The number of carboxylic acid groups (broad SMARTS) is 1. The summed E-state index contributed by atoms with van der Waals surface area (Å²) in [4.78, 5) is 28.6. The smallest absolute Gasteiger partial charge is 0.408 e. The van der Waals surface area contributed by atoms with Gasteiger partial charge in [0.25, 0.3) is 0 Å².